The van der Waals surface area contributed by atoms with Crippen molar-refractivity contribution in [2.24, 2.45) is 0 Å². The summed E-state index contributed by atoms with van der Waals surface area (Å²) in [6.07, 6.45) is 0.810. The Morgan fingerprint density at radius 3 is 2.83 bits per heavy atom. The van der Waals surface area contributed by atoms with Gasteiger partial charge in [-0.25, -0.2) is 9.59 Å². The fourth-order valence-electron chi connectivity index (χ4n) is 2.86. The molecule has 1 aromatic heterocycles. The highest BCUT2D eigenvalue weighted by Gasteiger charge is 2.24. The number of benzene rings is 2. The Balaban J connectivity index is 1.60. The van der Waals surface area contributed by atoms with Crippen molar-refractivity contribution in [2.75, 3.05) is 16.8 Å². The van der Waals surface area contributed by atoms with E-state index in [1.54, 1.807) is 29.2 Å². The number of halogens is 1. The Bertz CT molecular complexity index is 976. The van der Waals surface area contributed by atoms with Gasteiger partial charge in [-0.05, 0) is 42.3 Å². The molecule has 7 heteroatoms. The molecule has 0 saturated heterocycles. The van der Waals surface area contributed by atoms with E-state index in [1.807, 2.05) is 12.1 Å². The second-order valence-electron chi connectivity index (χ2n) is 5.44. The number of fused-ring (bicyclic) bond motifs is 2. The first kappa shape index (κ1) is 13.9. The summed E-state index contributed by atoms with van der Waals surface area (Å²) >= 11 is 6.03. The first-order valence-corrected chi connectivity index (χ1v) is 7.57. The molecule has 3 N–H and O–H groups in total. The van der Waals surface area contributed by atoms with Gasteiger partial charge in [-0.2, -0.15) is 0 Å². The van der Waals surface area contributed by atoms with Crippen molar-refractivity contribution < 1.29 is 4.79 Å². The van der Waals surface area contributed by atoms with Gasteiger partial charge in [0.2, 0.25) is 0 Å². The van der Waals surface area contributed by atoms with E-state index >= 15 is 0 Å². The van der Waals surface area contributed by atoms with Gasteiger partial charge in [0.1, 0.15) is 0 Å². The van der Waals surface area contributed by atoms with Crippen molar-refractivity contribution >= 4 is 40.0 Å². The van der Waals surface area contributed by atoms with E-state index in [0.717, 1.165) is 17.7 Å². The number of rotatable bonds is 1. The van der Waals surface area contributed by atoms with Crippen molar-refractivity contribution in [2.45, 2.75) is 6.42 Å². The zero-order valence-electron chi connectivity index (χ0n) is 12.0. The molecule has 23 heavy (non-hydrogen) atoms. The van der Waals surface area contributed by atoms with Crippen LogP contribution in [0.25, 0.3) is 11.0 Å². The second kappa shape index (κ2) is 5.17. The predicted octanol–water partition coefficient (Wildman–Crippen LogP) is 3.10. The molecular weight excluding hydrogens is 316 g/mol. The smallest absolute Gasteiger partial charge is 0.307 e. The number of imidazole rings is 1. The number of aromatic amines is 2. The van der Waals surface area contributed by atoms with Crippen LogP contribution in [0, 0.1) is 0 Å². The molecule has 4 rings (SSSR count). The normalized spacial score (nSPS) is 13.3. The quantitative estimate of drug-likeness (QED) is 0.641. The molecule has 0 unspecified atom stereocenters. The Hall–Kier alpha value is -2.73. The lowest BCUT2D eigenvalue weighted by Gasteiger charge is -2.18. The van der Waals surface area contributed by atoms with E-state index in [9.17, 15) is 9.59 Å². The maximum Gasteiger partial charge on any atom is 0.326 e. The number of amides is 2. The van der Waals surface area contributed by atoms with Crippen molar-refractivity contribution in [3.05, 3.63) is 57.5 Å². The first-order valence-electron chi connectivity index (χ1n) is 7.19. The summed E-state index contributed by atoms with van der Waals surface area (Å²) in [5, 5.41) is 3.46. The lowest BCUT2D eigenvalue weighted by atomic mass is 10.2. The average molecular weight is 329 g/mol. The van der Waals surface area contributed by atoms with Gasteiger partial charge in [-0.1, -0.05) is 17.7 Å². The Kier molecular flexibility index (Phi) is 3.12. The number of hydrogen-bond donors (Lipinski definition) is 3. The summed E-state index contributed by atoms with van der Waals surface area (Å²) in [5.41, 5.74) is 3.64. The van der Waals surface area contributed by atoms with Gasteiger partial charge in [-0.3, -0.25) is 4.90 Å². The van der Waals surface area contributed by atoms with Gasteiger partial charge >= 0.3 is 11.7 Å². The molecule has 0 fully saturated rings. The van der Waals surface area contributed by atoms with Crippen LogP contribution in [0.5, 0.6) is 0 Å². The van der Waals surface area contributed by atoms with Crippen LogP contribution in [0.15, 0.2) is 41.2 Å². The fraction of sp³-hybridized carbons (Fsp3) is 0.125. The highest BCUT2D eigenvalue weighted by molar-refractivity contribution is 6.31. The van der Waals surface area contributed by atoms with Gasteiger partial charge in [-0.15, -0.1) is 0 Å². The Labute approximate surface area is 136 Å². The number of carbonyl (C=O) groups is 1. The van der Waals surface area contributed by atoms with Crippen LogP contribution in [-0.2, 0) is 6.42 Å². The molecule has 2 amide bonds. The number of nitrogens with zero attached hydrogens (tertiary/aromatic N) is 1. The van der Waals surface area contributed by atoms with E-state index in [4.69, 9.17) is 11.6 Å². The van der Waals surface area contributed by atoms with Crippen molar-refractivity contribution in [3.63, 3.8) is 0 Å². The summed E-state index contributed by atoms with van der Waals surface area (Å²) in [7, 11) is 0. The zero-order valence-corrected chi connectivity index (χ0v) is 12.8. The third kappa shape index (κ3) is 2.47. The summed E-state index contributed by atoms with van der Waals surface area (Å²) in [6, 6.07) is 10.6. The fourth-order valence-corrected chi connectivity index (χ4v) is 3.03. The number of nitrogens with one attached hydrogen (secondary N) is 3. The van der Waals surface area contributed by atoms with Gasteiger partial charge in [0.25, 0.3) is 0 Å². The Morgan fingerprint density at radius 1 is 1.13 bits per heavy atom. The van der Waals surface area contributed by atoms with Gasteiger partial charge in [0.05, 0.1) is 16.7 Å². The standard InChI is InChI=1S/C16H13ClN4O2/c17-10-2-1-9-5-6-21(14(9)7-10)16(23)18-11-3-4-12-13(8-11)20-15(22)19-12/h1-4,7-8H,5-6H2,(H,18,23)(H2,19,20,22). The monoisotopic (exact) mass is 328 g/mol. The summed E-state index contributed by atoms with van der Waals surface area (Å²) < 4.78 is 0. The largest absolute Gasteiger partial charge is 0.326 e. The van der Waals surface area contributed by atoms with Crippen LogP contribution in [-0.4, -0.2) is 22.5 Å². The minimum atomic E-state index is -0.272. The minimum Gasteiger partial charge on any atom is -0.307 e. The molecular formula is C16H13ClN4O2. The molecule has 0 atom stereocenters. The van der Waals surface area contributed by atoms with Crippen LogP contribution < -0.4 is 15.9 Å². The predicted molar refractivity (Wildman–Crippen MR) is 90.4 cm³/mol. The first-order chi connectivity index (χ1) is 11.1. The number of carbonyl (C=O) groups excluding carboxylic acids is 1. The Morgan fingerprint density at radius 2 is 1.96 bits per heavy atom. The highest BCUT2D eigenvalue weighted by Crippen LogP contribution is 2.31. The summed E-state index contributed by atoms with van der Waals surface area (Å²) in [5.74, 6) is 0. The van der Waals surface area contributed by atoms with Gasteiger partial charge < -0.3 is 15.3 Å². The number of urea groups is 1. The van der Waals surface area contributed by atoms with Crippen LogP contribution in [0.1, 0.15) is 5.56 Å². The van der Waals surface area contributed by atoms with Crippen LogP contribution >= 0.6 is 11.6 Å². The summed E-state index contributed by atoms with van der Waals surface area (Å²) in [4.78, 5) is 30.8. The second-order valence-corrected chi connectivity index (χ2v) is 5.88. The lowest BCUT2D eigenvalue weighted by molar-refractivity contribution is 0.257. The molecule has 2 heterocycles. The number of H-pyrrole nitrogens is 2. The zero-order chi connectivity index (χ0) is 16.0. The summed E-state index contributed by atoms with van der Waals surface area (Å²) in [6.45, 7) is 0.616. The highest BCUT2D eigenvalue weighted by atomic mass is 35.5. The van der Waals surface area contributed by atoms with Crippen molar-refractivity contribution in [3.8, 4) is 0 Å². The number of anilines is 2. The van der Waals surface area contributed by atoms with Crippen LogP contribution in [0.2, 0.25) is 5.02 Å². The van der Waals surface area contributed by atoms with Crippen LogP contribution in [0.3, 0.4) is 0 Å². The molecule has 6 nitrogen and oxygen atoms in total. The molecule has 0 saturated carbocycles. The molecule has 0 radical (unpaired) electrons. The van der Waals surface area contributed by atoms with Gasteiger partial charge in [0.15, 0.2) is 0 Å². The molecule has 0 bridgehead atoms. The average Bonchev–Trinajstić information content (AvgIpc) is 3.08. The number of aromatic nitrogens is 2. The molecule has 1 aliphatic heterocycles. The minimum absolute atomic E-state index is 0.219. The van der Waals surface area contributed by atoms with Gasteiger partial charge in [0, 0.05) is 17.3 Å². The van der Waals surface area contributed by atoms with Crippen molar-refractivity contribution in [1.82, 2.24) is 9.97 Å². The van der Waals surface area contributed by atoms with E-state index in [1.165, 1.54) is 0 Å². The van der Waals surface area contributed by atoms with E-state index < -0.39 is 0 Å². The number of hydrogen-bond acceptors (Lipinski definition) is 2. The maximum absolute atomic E-state index is 12.5. The van der Waals surface area contributed by atoms with Crippen LogP contribution in [0.4, 0.5) is 16.2 Å². The van der Waals surface area contributed by atoms with E-state index in [0.29, 0.717) is 28.3 Å². The molecule has 0 aliphatic carbocycles. The topological polar surface area (TPSA) is 81.0 Å². The SMILES string of the molecule is O=C(Nc1ccc2[nH]c(=O)[nH]c2c1)N1CCc2ccc(Cl)cc21. The maximum atomic E-state index is 12.5. The lowest BCUT2D eigenvalue weighted by Crippen LogP contribution is -2.33. The molecule has 1 aliphatic rings. The molecule has 3 aromatic rings. The molecule has 116 valence electrons. The van der Waals surface area contributed by atoms with E-state index in [2.05, 4.69) is 15.3 Å². The molecule has 2 aromatic carbocycles. The van der Waals surface area contributed by atoms with E-state index in [-0.39, 0.29) is 11.7 Å². The third-order valence-electron chi connectivity index (χ3n) is 3.96. The molecule has 0 spiro atoms. The third-order valence-corrected chi connectivity index (χ3v) is 4.19. The van der Waals surface area contributed by atoms with Crippen molar-refractivity contribution in [1.29, 1.82) is 0 Å².